The number of rotatable bonds is 3. The lowest BCUT2D eigenvalue weighted by molar-refractivity contribution is 0.102. The standard InChI is InChI=1S/C17H17FN2O/c18-14-7-5-6-13(12-14)17(21)19-15-8-1-2-9-16(15)20-10-3-4-11-20/h1-2,5-9,12H,3-4,10-11H2,(H,19,21). The first-order valence-corrected chi connectivity index (χ1v) is 7.15. The fourth-order valence-corrected chi connectivity index (χ4v) is 2.64. The van der Waals surface area contributed by atoms with Gasteiger partial charge in [-0.15, -0.1) is 0 Å². The molecule has 0 unspecified atom stereocenters. The van der Waals surface area contributed by atoms with Crippen molar-refractivity contribution in [2.45, 2.75) is 12.8 Å². The molecule has 1 aliphatic heterocycles. The lowest BCUT2D eigenvalue weighted by atomic mass is 10.2. The summed E-state index contributed by atoms with van der Waals surface area (Å²) in [6.07, 6.45) is 2.35. The van der Waals surface area contributed by atoms with Crippen LogP contribution in [-0.4, -0.2) is 19.0 Å². The first-order chi connectivity index (χ1) is 10.2. The van der Waals surface area contributed by atoms with Gasteiger partial charge in [0.25, 0.3) is 5.91 Å². The Morgan fingerprint density at radius 3 is 2.57 bits per heavy atom. The maximum absolute atomic E-state index is 13.2. The van der Waals surface area contributed by atoms with Crippen molar-refractivity contribution in [3.8, 4) is 0 Å². The van der Waals surface area contributed by atoms with E-state index in [0.29, 0.717) is 5.56 Å². The van der Waals surface area contributed by atoms with Gasteiger partial charge in [-0.05, 0) is 43.2 Å². The second-order valence-corrected chi connectivity index (χ2v) is 5.18. The largest absolute Gasteiger partial charge is 0.370 e. The van der Waals surface area contributed by atoms with Crippen molar-refractivity contribution >= 4 is 17.3 Å². The minimum atomic E-state index is -0.407. The molecule has 21 heavy (non-hydrogen) atoms. The minimum Gasteiger partial charge on any atom is -0.370 e. The Hall–Kier alpha value is -2.36. The monoisotopic (exact) mass is 284 g/mol. The molecule has 108 valence electrons. The maximum Gasteiger partial charge on any atom is 0.255 e. The summed E-state index contributed by atoms with van der Waals surface area (Å²) < 4.78 is 13.2. The number of anilines is 2. The summed E-state index contributed by atoms with van der Waals surface area (Å²) in [5.74, 6) is -0.698. The van der Waals surface area contributed by atoms with E-state index in [1.165, 1.54) is 31.0 Å². The number of halogens is 1. The summed E-state index contributed by atoms with van der Waals surface area (Å²) in [6.45, 7) is 2.01. The number of amides is 1. The first-order valence-electron chi connectivity index (χ1n) is 7.15. The van der Waals surface area contributed by atoms with E-state index in [0.717, 1.165) is 24.5 Å². The Kier molecular flexibility index (Phi) is 3.86. The number of hydrogen-bond acceptors (Lipinski definition) is 2. The predicted molar refractivity (Wildman–Crippen MR) is 82.2 cm³/mol. The first kappa shape index (κ1) is 13.6. The van der Waals surface area contributed by atoms with Gasteiger partial charge in [-0.1, -0.05) is 18.2 Å². The number of nitrogens with zero attached hydrogens (tertiary/aromatic N) is 1. The van der Waals surface area contributed by atoms with Crippen LogP contribution in [0.25, 0.3) is 0 Å². The van der Waals surface area contributed by atoms with E-state index in [1.807, 2.05) is 24.3 Å². The van der Waals surface area contributed by atoms with E-state index < -0.39 is 5.82 Å². The van der Waals surface area contributed by atoms with Crippen molar-refractivity contribution in [3.63, 3.8) is 0 Å². The average Bonchev–Trinajstić information content (AvgIpc) is 3.02. The number of para-hydroxylation sites is 2. The molecule has 0 bridgehead atoms. The summed E-state index contributed by atoms with van der Waals surface area (Å²) in [5.41, 5.74) is 2.12. The van der Waals surface area contributed by atoms with E-state index >= 15 is 0 Å². The van der Waals surface area contributed by atoms with Crippen molar-refractivity contribution in [1.82, 2.24) is 0 Å². The van der Waals surface area contributed by atoms with Crippen LogP contribution >= 0.6 is 0 Å². The van der Waals surface area contributed by atoms with Crippen molar-refractivity contribution in [3.05, 3.63) is 59.9 Å². The number of carbonyl (C=O) groups excluding carboxylic acids is 1. The Morgan fingerprint density at radius 2 is 1.81 bits per heavy atom. The zero-order chi connectivity index (χ0) is 14.7. The molecule has 1 amide bonds. The van der Waals surface area contributed by atoms with Crippen LogP contribution in [0, 0.1) is 5.82 Å². The Labute approximate surface area is 123 Å². The zero-order valence-electron chi connectivity index (χ0n) is 11.7. The summed E-state index contributed by atoms with van der Waals surface area (Å²) in [4.78, 5) is 14.5. The van der Waals surface area contributed by atoms with Gasteiger partial charge >= 0.3 is 0 Å². The van der Waals surface area contributed by atoms with Crippen LogP contribution in [0.3, 0.4) is 0 Å². The van der Waals surface area contributed by atoms with E-state index in [9.17, 15) is 9.18 Å². The molecule has 0 atom stereocenters. The van der Waals surface area contributed by atoms with Crippen LogP contribution in [-0.2, 0) is 0 Å². The summed E-state index contributed by atoms with van der Waals surface area (Å²) in [5, 5.41) is 2.88. The Balaban J connectivity index is 1.83. The number of benzene rings is 2. The molecule has 2 aromatic rings. The fourth-order valence-electron chi connectivity index (χ4n) is 2.64. The maximum atomic E-state index is 13.2. The molecule has 0 radical (unpaired) electrons. The third kappa shape index (κ3) is 3.05. The molecule has 0 saturated carbocycles. The normalized spacial score (nSPS) is 14.2. The number of hydrogen-bond donors (Lipinski definition) is 1. The summed E-state index contributed by atoms with van der Waals surface area (Å²) in [6, 6.07) is 13.5. The molecule has 3 nitrogen and oxygen atoms in total. The van der Waals surface area contributed by atoms with E-state index in [2.05, 4.69) is 10.2 Å². The Bertz CT molecular complexity index is 651. The van der Waals surface area contributed by atoms with Crippen LogP contribution in [0.15, 0.2) is 48.5 Å². The molecule has 1 heterocycles. The third-order valence-corrected chi connectivity index (χ3v) is 3.69. The molecule has 3 rings (SSSR count). The van der Waals surface area contributed by atoms with Gasteiger partial charge in [-0.3, -0.25) is 4.79 Å². The van der Waals surface area contributed by atoms with Crippen molar-refractivity contribution < 1.29 is 9.18 Å². The fraction of sp³-hybridized carbons (Fsp3) is 0.235. The number of carbonyl (C=O) groups is 1. The second-order valence-electron chi connectivity index (χ2n) is 5.18. The van der Waals surface area contributed by atoms with Crippen LogP contribution in [0.4, 0.5) is 15.8 Å². The van der Waals surface area contributed by atoms with Gasteiger partial charge in [-0.2, -0.15) is 0 Å². The van der Waals surface area contributed by atoms with Crippen molar-refractivity contribution in [2.75, 3.05) is 23.3 Å². The van der Waals surface area contributed by atoms with Crippen LogP contribution in [0.5, 0.6) is 0 Å². The molecule has 4 heteroatoms. The lowest BCUT2D eigenvalue weighted by Gasteiger charge is -2.21. The van der Waals surface area contributed by atoms with Gasteiger partial charge in [0.15, 0.2) is 0 Å². The van der Waals surface area contributed by atoms with Crippen molar-refractivity contribution in [1.29, 1.82) is 0 Å². The lowest BCUT2D eigenvalue weighted by Crippen LogP contribution is -2.21. The second kappa shape index (κ2) is 5.95. The van der Waals surface area contributed by atoms with Crippen LogP contribution in [0.1, 0.15) is 23.2 Å². The van der Waals surface area contributed by atoms with Gasteiger partial charge < -0.3 is 10.2 Å². The molecule has 1 aliphatic rings. The molecule has 0 aliphatic carbocycles. The summed E-state index contributed by atoms with van der Waals surface area (Å²) >= 11 is 0. The van der Waals surface area contributed by atoms with Gasteiger partial charge in [0, 0.05) is 18.7 Å². The molecular weight excluding hydrogens is 267 g/mol. The highest BCUT2D eigenvalue weighted by atomic mass is 19.1. The van der Waals surface area contributed by atoms with Gasteiger partial charge in [0.2, 0.25) is 0 Å². The topological polar surface area (TPSA) is 32.3 Å². The van der Waals surface area contributed by atoms with Gasteiger partial charge in [0.1, 0.15) is 5.82 Å². The van der Waals surface area contributed by atoms with E-state index in [4.69, 9.17) is 0 Å². The molecule has 1 fully saturated rings. The van der Waals surface area contributed by atoms with E-state index in [1.54, 1.807) is 6.07 Å². The molecule has 0 spiro atoms. The molecule has 1 N–H and O–H groups in total. The molecule has 1 saturated heterocycles. The smallest absolute Gasteiger partial charge is 0.255 e. The minimum absolute atomic E-state index is 0.291. The molecular formula is C17H17FN2O. The number of nitrogens with one attached hydrogen (secondary N) is 1. The zero-order valence-corrected chi connectivity index (χ0v) is 11.7. The highest BCUT2D eigenvalue weighted by molar-refractivity contribution is 6.05. The highest BCUT2D eigenvalue weighted by Crippen LogP contribution is 2.28. The van der Waals surface area contributed by atoms with Crippen LogP contribution in [0.2, 0.25) is 0 Å². The SMILES string of the molecule is O=C(Nc1ccccc1N1CCCC1)c1cccc(F)c1. The van der Waals surface area contributed by atoms with E-state index in [-0.39, 0.29) is 5.91 Å². The summed E-state index contributed by atoms with van der Waals surface area (Å²) in [7, 11) is 0. The Morgan fingerprint density at radius 1 is 1.05 bits per heavy atom. The predicted octanol–water partition coefficient (Wildman–Crippen LogP) is 3.68. The van der Waals surface area contributed by atoms with Crippen molar-refractivity contribution in [2.24, 2.45) is 0 Å². The van der Waals surface area contributed by atoms with Gasteiger partial charge in [0.05, 0.1) is 11.4 Å². The molecule has 0 aromatic heterocycles. The van der Waals surface area contributed by atoms with Crippen LogP contribution < -0.4 is 10.2 Å². The van der Waals surface area contributed by atoms with Gasteiger partial charge in [-0.25, -0.2) is 4.39 Å². The highest BCUT2D eigenvalue weighted by Gasteiger charge is 2.17. The quantitative estimate of drug-likeness (QED) is 0.932. The molecule has 2 aromatic carbocycles. The third-order valence-electron chi connectivity index (χ3n) is 3.69. The average molecular weight is 284 g/mol.